The molecule has 0 bridgehead atoms. The van der Waals surface area contributed by atoms with E-state index < -0.39 is 10.8 Å². The molecular formula is C28H24ClN3O6. The van der Waals surface area contributed by atoms with Crippen LogP contribution in [0.1, 0.15) is 34.2 Å². The van der Waals surface area contributed by atoms with Crippen molar-refractivity contribution < 1.29 is 23.6 Å². The third-order valence-corrected chi connectivity index (χ3v) is 5.67. The Bertz CT molecular complexity index is 1510. The van der Waals surface area contributed by atoms with Gasteiger partial charge in [-0.05, 0) is 73.0 Å². The zero-order chi connectivity index (χ0) is 27.1. The summed E-state index contributed by atoms with van der Waals surface area (Å²) in [7, 11) is 0. The monoisotopic (exact) mass is 533 g/mol. The second-order valence-corrected chi connectivity index (χ2v) is 8.57. The number of nitrogens with one attached hydrogen (secondary N) is 1. The number of hydrogen-bond donors (Lipinski definition) is 1. The first-order chi connectivity index (χ1) is 18.4. The van der Waals surface area contributed by atoms with Gasteiger partial charge < -0.3 is 13.9 Å². The van der Waals surface area contributed by atoms with Gasteiger partial charge in [0.2, 0.25) is 0 Å². The fourth-order valence-electron chi connectivity index (χ4n) is 3.71. The number of ether oxygens (including phenoxy) is 2. The average molecular weight is 534 g/mol. The molecule has 0 aliphatic rings. The number of fused-ring (bicyclic) bond motifs is 1. The summed E-state index contributed by atoms with van der Waals surface area (Å²) < 4.78 is 17.5. The SMILES string of the molecule is C=CCc1cc(/C=N/NC(=O)c2cc3cc(Cl)ccc3o2)cc(OCC)c1OCc1ccc([N+](=O)[O-])cc1. The van der Waals surface area contributed by atoms with Gasteiger partial charge in [0.05, 0.1) is 17.7 Å². The van der Waals surface area contributed by atoms with Crippen molar-refractivity contribution in [3.63, 3.8) is 0 Å². The molecule has 194 valence electrons. The van der Waals surface area contributed by atoms with Crippen molar-refractivity contribution in [1.29, 1.82) is 0 Å². The standard InChI is InChI=1S/C28H24ClN3O6/c1-3-5-20-12-19(16-30-31-28(33)26-15-21-14-22(29)8-11-24(21)38-26)13-25(36-4-2)27(20)37-17-18-6-9-23(10-7-18)32(34)35/h3,6-16H,1,4-5,17H2,2H3,(H,31,33)/b30-16+. The maximum absolute atomic E-state index is 12.5. The van der Waals surface area contributed by atoms with Gasteiger partial charge in [-0.15, -0.1) is 6.58 Å². The number of benzene rings is 3. The van der Waals surface area contributed by atoms with Crippen LogP contribution in [0.25, 0.3) is 11.0 Å². The zero-order valence-electron chi connectivity index (χ0n) is 20.5. The van der Waals surface area contributed by atoms with Gasteiger partial charge in [0.15, 0.2) is 17.3 Å². The Balaban J connectivity index is 1.51. The molecule has 3 aromatic carbocycles. The Morgan fingerprint density at radius 1 is 1.16 bits per heavy atom. The zero-order valence-corrected chi connectivity index (χ0v) is 21.2. The van der Waals surface area contributed by atoms with Crippen molar-refractivity contribution in [2.75, 3.05) is 6.61 Å². The third-order valence-electron chi connectivity index (χ3n) is 5.43. The molecule has 10 heteroatoms. The van der Waals surface area contributed by atoms with Gasteiger partial charge in [-0.25, -0.2) is 5.43 Å². The van der Waals surface area contributed by atoms with E-state index in [2.05, 4.69) is 17.1 Å². The Morgan fingerprint density at radius 3 is 2.66 bits per heavy atom. The molecule has 4 rings (SSSR count). The van der Waals surface area contributed by atoms with Gasteiger partial charge in [-0.2, -0.15) is 5.10 Å². The minimum atomic E-state index is -0.507. The molecule has 0 aliphatic heterocycles. The van der Waals surface area contributed by atoms with Crippen molar-refractivity contribution in [3.8, 4) is 11.5 Å². The van der Waals surface area contributed by atoms with Crippen LogP contribution in [0.5, 0.6) is 11.5 Å². The van der Waals surface area contributed by atoms with Crippen LogP contribution < -0.4 is 14.9 Å². The summed E-state index contributed by atoms with van der Waals surface area (Å²) in [6, 6.07) is 16.4. The molecule has 0 aliphatic carbocycles. The topological polar surface area (TPSA) is 116 Å². The molecule has 0 spiro atoms. The minimum Gasteiger partial charge on any atom is -0.490 e. The Morgan fingerprint density at radius 2 is 1.95 bits per heavy atom. The van der Waals surface area contributed by atoms with Gasteiger partial charge in [0, 0.05) is 28.1 Å². The number of nitro benzene ring substituents is 1. The lowest BCUT2D eigenvalue weighted by molar-refractivity contribution is -0.384. The van der Waals surface area contributed by atoms with E-state index >= 15 is 0 Å². The van der Waals surface area contributed by atoms with Crippen LogP contribution >= 0.6 is 11.6 Å². The highest BCUT2D eigenvalue weighted by atomic mass is 35.5. The smallest absolute Gasteiger partial charge is 0.307 e. The molecule has 0 saturated carbocycles. The molecule has 1 heterocycles. The molecule has 1 N–H and O–H groups in total. The average Bonchev–Trinajstić information content (AvgIpc) is 3.32. The molecule has 0 atom stereocenters. The molecule has 0 radical (unpaired) electrons. The first-order valence-corrected chi connectivity index (χ1v) is 12.0. The van der Waals surface area contributed by atoms with Crippen LogP contribution in [0.3, 0.4) is 0 Å². The fourth-order valence-corrected chi connectivity index (χ4v) is 3.89. The van der Waals surface area contributed by atoms with Gasteiger partial charge in [0.1, 0.15) is 12.2 Å². The number of non-ortho nitro benzene ring substituents is 1. The van der Waals surface area contributed by atoms with Crippen molar-refractivity contribution >= 4 is 40.4 Å². The Hall–Kier alpha value is -4.63. The molecule has 0 unspecified atom stereocenters. The van der Waals surface area contributed by atoms with Gasteiger partial charge in [-0.1, -0.05) is 17.7 Å². The summed E-state index contributed by atoms with van der Waals surface area (Å²) in [5.41, 5.74) is 5.26. The normalized spacial score (nSPS) is 11.0. The van der Waals surface area contributed by atoms with Crippen molar-refractivity contribution in [3.05, 3.63) is 111 Å². The highest BCUT2D eigenvalue weighted by Crippen LogP contribution is 2.34. The molecule has 0 saturated heterocycles. The number of carbonyl (C=O) groups is 1. The number of carbonyl (C=O) groups excluding carboxylic acids is 1. The molecule has 1 amide bonds. The predicted molar refractivity (Wildman–Crippen MR) is 145 cm³/mol. The molecule has 38 heavy (non-hydrogen) atoms. The quantitative estimate of drug-likeness (QED) is 0.102. The molecule has 0 fully saturated rings. The van der Waals surface area contributed by atoms with Crippen LogP contribution in [0.15, 0.2) is 82.8 Å². The number of hydrazone groups is 1. The highest BCUT2D eigenvalue weighted by molar-refractivity contribution is 6.31. The second-order valence-electron chi connectivity index (χ2n) is 8.14. The van der Waals surface area contributed by atoms with Crippen LogP contribution in [0.4, 0.5) is 5.69 Å². The van der Waals surface area contributed by atoms with Gasteiger partial charge >= 0.3 is 5.91 Å². The largest absolute Gasteiger partial charge is 0.490 e. The van der Waals surface area contributed by atoms with Crippen molar-refractivity contribution in [1.82, 2.24) is 5.43 Å². The second kappa shape index (κ2) is 12.1. The molecule has 1 aromatic heterocycles. The number of halogens is 1. The van der Waals surface area contributed by atoms with E-state index in [1.54, 1.807) is 48.5 Å². The number of amides is 1. The summed E-state index contributed by atoms with van der Waals surface area (Å²) in [5, 5.41) is 16.2. The Labute approximate surface area is 223 Å². The lowest BCUT2D eigenvalue weighted by Crippen LogP contribution is -2.16. The van der Waals surface area contributed by atoms with E-state index in [0.29, 0.717) is 46.1 Å². The summed E-state index contributed by atoms with van der Waals surface area (Å²) >= 11 is 5.99. The lowest BCUT2D eigenvalue weighted by atomic mass is 10.1. The van der Waals surface area contributed by atoms with E-state index in [1.165, 1.54) is 18.3 Å². The summed E-state index contributed by atoms with van der Waals surface area (Å²) in [6.45, 7) is 6.26. The first-order valence-electron chi connectivity index (χ1n) is 11.7. The number of nitro groups is 1. The number of nitrogens with zero attached hydrogens (tertiary/aromatic N) is 2. The molecular weight excluding hydrogens is 510 g/mol. The summed E-state index contributed by atoms with van der Waals surface area (Å²) in [4.78, 5) is 23.0. The number of hydrogen-bond acceptors (Lipinski definition) is 7. The maximum Gasteiger partial charge on any atom is 0.307 e. The van der Waals surface area contributed by atoms with E-state index in [4.69, 9.17) is 25.5 Å². The highest BCUT2D eigenvalue weighted by Gasteiger charge is 2.15. The number of furan rings is 1. The van der Waals surface area contributed by atoms with E-state index in [0.717, 1.165) is 11.1 Å². The molecule has 9 nitrogen and oxygen atoms in total. The molecule has 4 aromatic rings. The van der Waals surface area contributed by atoms with Crippen LogP contribution in [-0.4, -0.2) is 23.7 Å². The number of allylic oxidation sites excluding steroid dienone is 1. The van der Waals surface area contributed by atoms with Crippen molar-refractivity contribution in [2.24, 2.45) is 5.10 Å². The van der Waals surface area contributed by atoms with E-state index in [9.17, 15) is 14.9 Å². The Kier molecular flexibility index (Phi) is 8.40. The van der Waals surface area contributed by atoms with E-state index in [1.807, 2.05) is 13.0 Å². The fraction of sp³-hybridized carbons (Fsp3) is 0.143. The van der Waals surface area contributed by atoms with E-state index in [-0.39, 0.29) is 18.1 Å². The van der Waals surface area contributed by atoms with Gasteiger partial charge in [0.25, 0.3) is 5.69 Å². The maximum atomic E-state index is 12.5. The van der Waals surface area contributed by atoms with Crippen LogP contribution in [0.2, 0.25) is 5.02 Å². The number of rotatable bonds is 11. The summed E-state index contributed by atoms with van der Waals surface area (Å²) in [6.07, 6.45) is 3.72. The minimum absolute atomic E-state index is 0.0107. The van der Waals surface area contributed by atoms with Crippen LogP contribution in [0, 0.1) is 10.1 Å². The van der Waals surface area contributed by atoms with Crippen molar-refractivity contribution in [2.45, 2.75) is 20.0 Å². The first kappa shape index (κ1) is 26.4. The van der Waals surface area contributed by atoms with Gasteiger partial charge in [-0.3, -0.25) is 14.9 Å². The predicted octanol–water partition coefficient (Wildman–Crippen LogP) is 6.46. The third kappa shape index (κ3) is 6.37. The lowest BCUT2D eigenvalue weighted by Gasteiger charge is -2.16. The van der Waals surface area contributed by atoms with Crippen LogP contribution in [-0.2, 0) is 13.0 Å². The summed E-state index contributed by atoms with van der Waals surface area (Å²) in [5.74, 6) is 0.632.